The van der Waals surface area contributed by atoms with Crippen LogP contribution in [0.15, 0.2) is 90.0 Å². The maximum absolute atomic E-state index is 13.0. The lowest BCUT2D eigenvalue weighted by molar-refractivity contribution is -0.120. The second-order valence-corrected chi connectivity index (χ2v) is 7.49. The molecule has 0 aliphatic rings. The third-order valence-electron chi connectivity index (χ3n) is 4.37. The van der Waals surface area contributed by atoms with Crippen molar-refractivity contribution in [2.24, 2.45) is 0 Å². The van der Waals surface area contributed by atoms with Crippen LogP contribution < -0.4 is 5.32 Å². The first-order valence-electron chi connectivity index (χ1n) is 9.14. The lowest BCUT2D eigenvalue weighted by Crippen LogP contribution is -2.30. The van der Waals surface area contributed by atoms with Gasteiger partial charge in [-0.2, -0.15) is 0 Å². The van der Waals surface area contributed by atoms with Gasteiger partial charge in [-0.1, -0.05) is 54.6 Å². The molecule has 0 spiro atoms. The van der Waals surface area contributed by atoms with E-state index in [2.05, 4.69) is 15.5 Å². The summed E-state index contributed by atoms with van der Waals surface area (Å²) < 4.78 is 1.94. The van der Waals surface area contributed by atoms with E-state index in [0.717, 1.165) is 21.9 Å². The number of nitrogens with zero attached hydrogens (tertiary/aromatic N) is 3. The van der Waals surface area contributed by atoms with Crippen molar-refractivity contribution < 1.29 is 4.79 Å². The summed E-state index contributed by atoms with van der Waals surface area (Å²) in [5.74, 6) is 0.830. The van der Waals surface area contributed by atoms with Gasteiger partial charge < -0.3 is 5.32 Å². The number of thioether (sulfide) groups is 1. The number of rotatable bonds is 7. The number of carbonyl (C=O) groups is 1. The van der Waals surface area contributed by atoms with Crippen LogP contribution in [0.5, 0.6) is 0 Å². The molecule has 2 aromatic heterocycles. The van der Waals surface area contributed by atoms with Crippen molar-refractivity contribution in [3.63, 3.8) is 0 Å². The molecular formula is C22H20N4OS. The van der Waals surface area contributed by atoms with Crippen LogP contribution >= 0.6 is 11.8 Å². The maximum atomic E-state index is 13.0. The number of aromatic nitrogens is 3. The average Bonchev–Trinajstić information content (AvgIpc) is 3.16. The van der Waals surface area contributed by atoms with Crippen LogP contribution in [-0.2, 0) is 11.2 Å². The molecule has 0 aliphatic heterocycles. The molecule has 1 amide bonds. The zero-order valence-corrected chi connectivity index (χ0v) is 16.0. The third-order valence-corrected chi connectivity index (χ3v) is 5.64. The van der Waals surface area contributed by atoms with Crippen LogP contribution in [0.25, 0.3) is 5.65 Å². The summed E-state index contributed by atoms with van der Waals surface area (Å²) in [6.45, 7) is 0.507. The second-order valence-electron chi connectivity index (χ2n) is 6.31. The minimum atomic E-state index is -0.307. The van der Waals surface area contributed by atoms with Crippen molar-refractivity contribution >= 4 is 23.3 Å². The molecule has 28 heavy (non-hydrogen) atoms. The molecule has 0 saturated carbocycles. The van der Waals surface area contributed by atoms with Crippen LogP contribution in [0.3, 0.4) is 0 Å². The molecule has 0 aliphatic carbocycles. The van der Waals surface area contributed by atoms with E-state index in [9.17, 15) is 4.79 Å². The molecule has 5 nitrogen and oxygen atoms in total. The summed E-state index contributed by atoms with van der Waals surface area (Å²) in [5, 5.41) is 11.1. The van der Waals surface area contributed by atoms with Crippen molar-refractivity contribution in [2.75, 3.05) is 6.54 Å². The maximum Gasteiger partial charge on any atom is 0.238 e. The van der Waals surface area contributed by atoms with Gasteiger partial charge >= 0.3 is 0 Å². The predicted octanol–water partition coefficient (Wildman–Crippen LogP) is 3.92. The monoisotopic (exact) mass is 388 g/mol. The number of fused-ring (bicyclic) bond motifs is 1. The van der Waals surface area contributed by atoms with Gasteiger partial charge in [-0.3, -0.25) is 9.20 Å². The van der Waals surface area contributed by atoms with E-state index in [0.29, 0.717) is 13.0 Å². The summed E-state index contributed by atoms with van der Waals surface area (Å²) in [6, 6.07) is 25.7. The Bertz CT molecular complexity index is 1050. The smallest absolute Gasteiger partial charge is 0.238 e. The molecule has 0 radical (unpaired) electrons. The van der Waals surface area contributed by atoms with Crippen LogP contribution in [0.4, 0.5) is 0 Å². The Balaban J connectivity index is 1.45. The molecule has 1 N–H and O–H groups in total. The molecule has 1 atom stereocenters. The van der Waals surface area contributed by atoms with Crippen LogP contribution in [0.2, 0.25) is 0 Å². The SMILES string of the molecule is O=C(NCCc1nnc2ccccn12)[C@@H](Sc1ccccc1)c1ccccc1. The van der Waals surface area contributed by atoms with Crippen LogP contribution in [0.1, 0.15) is 16.6 Å². The molecule has 0 bridgehead atoms. The molecular weight excluding hydrogens is 368 g/mol. The number of benzene rings is 2. The normalized spacial score (nSPS) is 12.0. The van der Waals surface area contributed by atoms with E-state index >= 15 is 0 Å². The Kier molecular flexibility index (Phi) is 5.68. The van der Waals surface area contributed by atoms with Gasteiger partial charge in [-0.15, -0.1) is 22.0 Å². The first kappa shape index (κ1) is 18.3. The van der Waals surface area contributed by atoms with E-state index < -0.39 is 0 Å². The highest BCUT2D eigenvalue weighted by atomic mass is 32.2. The van der Waals surface area contributed by atoms with Crippen molar-refractivity contribution in [3.05, 3.63) is 96.4 Å². The molecule has 2 heterocycles. The minimum Gasteiger partial charge on any atom is -0.354 e. The Hall–Kier alpha value is -3.12. The second kappa shape index (κ2) is 8.71. The molecule has 0 saturated heterocycles. The zero-order valence-electron chi connectivity index (χ0n) is 15.2. The fraction of sp³-hybridized carbons (Fsp3) is 0.136. The number of carbonyl (C=O) groups excluding carboxylic acids is 1. The first-order chi connectivity index (χ1) is 13.8. The fourth-order valence-electron chi connectivity index (χ4n) is 2.99. The van der Waals surface area contributed by atoms with Crippen molar-refractivity contribution in [3.8, 4) is 0 Å². The number of hydrogen-bond acceptors (Lipinski definition) is 4. The standard InChI is InChI=1S/C22H20N4OS/c27-22(23-15-14-20-25-24-19-13-7-8-16-26(19)20)21(17-9-3-1-4-10-17)28-18-11-5-2-6-12-18/h1-13,16,21H,14-15H2,(H,23,27)/t21-/m0/s1. The van der Waals surface area contributed by atoms with Crippen molar-refractivity contribution in [2.45, 2.75) is 16.6 Å². The fourth-order valence-corrected chi connectivity index (χ4v) is 4.06. The van der Waals surface area contributed by atoms with Crippen molar-refractivity contribution in [1.29, 1.82) is 0 Å². The number of amides is 1. The Morgan fingerprint density at radius 3 is 2.43 bits per heavy atom. The molecule has 0 unspecified atom stereocenters. The summed E-state index contributed by atoms with van der Waals surface area (Å²) in [7, 11) is 0. The minimum absolute atomic E-state index is 0.00567. The van der Waals surface area contributed by atoms with Gasteiger partial charge in [0.05, 0.1) is 0 Å². The average molecular weight is 388 g/mol. The van der Waals surface area contributed by atoms with Gasteiger partial charge in [0.2, 0.25) is 5.91 Å². The lowest BCUT2D eigenvalue weighted by atomic mass is 10.1. The van der Waals surface area contributed by atoms with Gasteiger partial charge in [-0.25, -0.2) is 0 Å². The Morgan fingerprint density at radius 2 is 1.64 bits per heavy atom. The van der Waals surface area contributed by atoms with Gasteiger partial charge in [0.1, 0.15) is 11.1 Å². The van der Waals surface area contributed by atoms with E-state index in [-0.39, 0.29) is 11.2 Å². The molecule has 0 fully saturated rings. The summed E-state index contributed by atoms with van der Waals surface area (Å²) in [5.41, 5.74) is 1.80. The third kappa shape index (κ3) is 4.23. The Labute approximate surface area is 167 Å². The summed E-state index contributed by atoms with van der Waals surface area (Å²) >= 11 is 1.56. The quantitative estimate of drug-likeness (QED) is 0.488. The zero-order chi connectivity index (χ0) is 19.2. The number of hydrogen-bond donors (Lipinski definition) is 1. The van der Waals surface area contributed by atoms with Gasteiger partial charge in [0, 0.05) is 24.1 Å². The van der Waals surface area contributed by atoms with Crippen LogP contribution in [0, 0.1) is 0 Å². The highest BCUT2D eigenvalue weighted by Gasteiger charge is 2.21. The van der Waals surface area contributed by atoms with E-state index in [1.165, 1.54) is 0 Å². The molecule has 2 aromatic carbocycles. The van der Waals surface area contributed by atoms with E-state index in [1.54, 1.807) is 11.8 Å². The highest BCUT2D eigenvalue weighted by molar-refractivity contribution is 8.00. The van der Waals surface area contributed by atoms with Gasteiger partial charge in [0.15, 0.2) is 5.65 Å². The predicted molar refractivity (Wildman–Crippen MR) is 111 cm³/mol. The molecule has 4 aromatic rings. The lowest BCUT2D eigenvalue weighted by Gasteiger charge is -2.17. The number of nitrogens with one attached hydrogen (secondary N) is 1. The largest absolute Gasteiger partial charge is 0.354 e. The Morgan fingerprint density at radius 1 is 0.929 bits per heavy atom. The van der Waals surface area contributed by atoms with E-state index in [1.807, 2.05) is 89.5 Å². The first-order valence-corrected chi connectivity index (χ1v) is 10.0. The molecule has 4 rings (SSSR count). The van der Waals surface area contributed by atoms with Gasteiger partial charge in [0.25, 0.3) is 0 Å². The molecule has 6 heteroatoms. The van der Waals surface area contributed by atoms with Gasteiger partial charge in [-0.05, 0) is 29.8 Å². The molecule has 140 valence electrons. The van der Waals surface area contributed by atoms with Crippen LogP contribution in [-0.4, -0.2) is 27.0 Å². The summed E-state index contributed by atoms with van der Waals surface area (Å²) in [4.78, 5) is 14.0. The van der Waals surface area contributed by atoms with E-state index in [4.69, 9.17) is 0 Å². The topological polar surface area (TPSA) is 59.3 Å². The van der Waals surface area contributed by atoms with Crippen molar-refractivity contribution in [1.82, 2.24) is 19.9 Å². The number of pyridine rings is 1. The summed E-state index contributed by atoms with van der Waals surface area (Å²) in [6.07, 6.45) is 2.55. The highest BCUT2D eigenvalue weighted by Crippen LogP contribution is 2.35.